The van der Waals surface area contributed by atoms with Crippen LogP contribution in [0.5, 0.6) is 17.2 Å². The second-order valence-electron chi connectivity index (χ2n) is 6.84. The minimum atomic E-state index is -0.113. The van der Waals surface area contributed by atoms with Gasteiger partial charge in [0, 0.05) is 45.0 Å². The van der Waals surface area contributed by atoms with Crippen molar-refractivity contribution in [1.29, 1.82) is 0 Å². The maximum Gasteiger partial charge on any atom is 0.257 e. The van der Waals surface area contributed by atoms with Crippen LogP contribution in [0.1, 0.15) is 0 Å². The number of hydrogen-bond acceptors (Lipinski definition) is 6. The van der Waals surface area contributed by atoms with Gasteiger partial charge in [-0.1, -0.05) is 0 Å². The molecule has 0 bridgehead atoms. The third-order valence-corrected chi connectivity index (χ3v) is 4.99. The van der Waals surface area contributed by atoms with Gasteiger partial charge in [-0.3, -0.25) is 9.69 Å². The van der Waals surface area contributed by atoms with Crippen LogP contribution in [-0.2, 0) is 4.79 Å². The molecule has 1 amide bonds. The van der Waals surface area contributed by atoms with E-state index in [4.69, 9.17) is 14.2 Å². The summed E-state index contributed by atoms with van der Waals surface area (Å²) in [5.74, 6) is 2.17. The SMILES string of the molecule is COc1ccc(OCC(=O)NCCN2CCN(c3ccc(OC)cc3)CC2)cc1. The molecular formula is C22H29N3O4. The lowest BCUT2D eigenvalue weighted by atomic mass is 10.2. The average molecular weight is 399 g/mol. The Kier molecular flexibility index (Phi) is 7.58. The van der Waals surface area contributed by atoms with Gasteiger partial charge >= 0.3 is 0 Å². The first kappa shape index (κ1) is 20.8. The molecular weight excluding hydrogens is 370 g/mol. The fraction of sp³-hybridized carbons (Fsp3) is 0.409. The van der Waals surface area contributed by atoms with Crippen molar-refractivity contribution in [3.63, 3.8) is 0 Å². The van der Waals surface area contributed by atoms with Crippen LogP contribution in [0.3, 0.4) is 0 Å². The molecule has 2 aromatic carbocycles. The molecule has 1 fully saturated rings. The molecule has 156 valence electrons. The van der Waals surface area contributed by atoms with E-state index in [-0.39, 0.29) is 12.5 Å². The first-order valence-electron chi connectivity index (χ1n) is 9.83. The van der Waals surface area contributed by atoms with Gasteiger partial charge in [0.15, 0.2) is 6.61 Å². The molecule has 7 heteroatoms. The van der Waals surface area contributed by atoms with Crippen LogP contribution in [0.4, 0.5) is 5.69 Å². The maximum atomic E-state index is 12.0. The Morgan fingerprint density at radius 1 is 0.862 bits per heavy atom. The molecule has 1 saturated heterocycles. The molecule has 7 nitrogen and oxygen atoms in total. The molecule has 1 heterocycles. The van der Waals surface area contributed by atoms with E-state index in [1.54, 1.807) is 38.5 Å². The topological polar surface area (TPSA) is 63.3 Å². The number of benzene rings is 2. The van der Waals surface area contributed by atoms with Gasteiger partial charge in [0.05, 0.1) is 14.2 Å². The van der Waals surface area contributed by atoms with Crippen molar-refractivity contribution in [3.8, 4) is 17.2 Å². The maximum absolute atomic E-state index is 12.0. The molecule has 2 aromatic rings. The van der Waals surface area contributed by atoms with Gasteiger partial charge in [0.25, 0.3) is 5.91 Å². The minimum Gasteiger partial charge on any atom is -0.497 e. The zero-order valence-electron chi connectivity index (χ0n) is 17.1. The van der Waals surface area contributed by atoms with Gasteiger partial charge in [-0.25, -0.2) is 0 Å². The van der Waals surface area contributed by atoms with Crippen LogP contribution in [-0.4, -0.2) is 70.9 Å². The Labute approximate surface area is 172 Å². The summed E-state index contributed by atoms with van der Waals surface area (Å²) in [5, 5.41) is 2.92. The van der Waals surface area contributed by atoms with E-state index < -0.39 is 0 Å². The third-order valence-electron chi connectivity index (χ3n) is 4.99. The van der Waals surface area contributed by atoms with Crippen molar-refractivity contribution < 1.29 is 19.0 Å². The molecule has 1 aliphatic rings. The first-order valence-corrected chi connectivity index (χ1v) is 9.83. The summed E-state index contributed by atoms with van der Waals surface area (Å²) in [6.45, 7) is 5.37. The molecule has 0 aromatic heterocycles. The fourth-order valence-electron chi connectivity index (χ4n) is 3.25. The molecule has 0 spiro atoms. The van der Waals surface area contributed by atoms with Crippen molar-refractivity contribution in [1.82, 2.24) is 10.2 Å². The number of piperazine rings is 1. The van der Waals surface area contributed by atoms with E-state index in [0.29, 0.717) is 12.3 Å². The molecule has 3 rings (SSSR count). The van der Waals surface area contributed by atoms with Crippen LogP contribution < -0.4 is 24.4 Å². The highest BCUT2D eigenvalue weighted by atomic mass is 16.5. The Hall–Kier alpha value is -2.93. The lowest BCUT2D eigenvalue weighted by Gasteiger charge is -2.36. The lowest BCUT2D eigenvalue weighted by Crippen LogP contribution is -2.48. The van der Waals surface area contributed by atoms with Crippen molar-refractivity contribution in [3.05, 3.63) is 48.5 Å². The van der Waals surface area contributed by atoms with Crippen molar-refractivity contribution in [2.45, 2.75) is 0 Å². The molecule has 1 N–H and O–H groups in total. The summed E-state index contributed by atoms with van der Waals surface area (Å²) in [5.41, 5.74) is 1.22. The summed E-state index contributed by atoms with van der Waals surface area (Å²) >= 11 is 0. The Balaban J connectivity index is 1.31. The van der Waals surface area contributed by atoms with E-state index in [2.05, 4.69) is 27.2 Å². The van der Waals surface area contributed by atoms with Crippen LogP contribution in [0.2, 0.25) is 0 Å². The summed E-state index contributed by atoms with van der Waals surface area (Å²) in [7, 11) is 3.29. The summed E-state index contributed by atoms with van der Waals surface area (Å²) < 4.78 is 15.8. The quantitative estimate of drug-likeness (QED) is 0.696. The Morgan fingerprint density at radius 3 is 2.00 bits per heavy atom. The average Bonchev–Trinajstić information content (AvgIpc) is 2.78. The van der Waals surface area contributed by atoms with E-state index in [1.807, 2.05) is 12.1 Å². The van der Waals surface area contributed by atoms with Gasteiger partial charge in [-0.05, 0) is 48.5 Å². The molecule has 1 aliphatic heterocycles. The second kappa shape index (κ2) is 10.6. The number of methoxy groups -OCH3 is 2. The van der Waals surface area contributed by atoms with Gasteiger partial charge in [-0.2, -0.15) is 0 Å². The predicted molar refractivity (Wildman–Crippen MR) is 113 cm³/mol. The van der Waals surface area contributed by atoms with E-state index in [9.17, 15) is 4.79 Å². The van der Waals surface area contributed by atoms with Gasteiger partial charge in [-0.15, -0.1) is 0 Å². The van der Waals surface area contributed by atoms with Gasteiger partial charge < -0.3 is 24.4 Å². The van der Waals surface area contributed by atoms with Crippen LogP contribution >= 0.6 is 0 Å². The Morgan fingerprint density at radius 2 is 1.41 bits per heavy atom. The smallest absolute Gasteiger partial charge is 0.257 e. The van der Waals surface area contributed by atoms with E-state index in [1.165, 1.54) is 5.69 Å². The highest BCUT2D eigenvalue weighted by molar-refractivity contribution is 5.77. The van der Waals surface area contributed by atoms with Gasteiger partial charge in [0.1, 0.15) is 17.2 Å². The number of hydrogen-bond donors (Lipinski definition) is 1. The summed E-state index contributed by atoms with van der Waals surface area (Å²) in [4.78, 5) is 16.7. The molecule has 0 radical (unpaired) electrons. The normalized spacial score (nSPS) is 14.3. The number of nitrogens with zero attached hydrogens (tertiary/aromatic N) is 2. The molecule has 0 aliphatic carbocycles. The lowest BCUT2D eigenvalue weighted by molar-refractivity contribution is -0.123. The van der Waals surface area contributed by atoms with Crippen molar-refractivity contribution in [2.24, 2.45) is 0 Å². The number of nitrogens with one attached hydrogen (secondary N) is 1. The minimum absolute atomic E-state index is 0.0115. The largest absolute Gasteiger partial charge is 0.497 e. The van der Waals surface area contributed by atoms with E-state index in [0.717, 1.165) is 44.2 Å². The number of rotatable bonds is 9. The van der Waals surface area contributed by atoms with Crippen molar-refractivity contribution in [2.75, 3.05) is 65.0 Å². The van der Waals surface area contributed by atoms with Crippen LogP contribution in [0, 0.1) is 0 Å². The summed E-state index contributed by atoms with van der Waals surface area (Å²) in [6.07, 6.45) is 0. The number of carbonyl (C=O) groups excluding carboxylic acids is 1. The number of amides is 1. The van der Waals surface area contributed by atoms with Crippen molar-refractivity contribution >= 4 is 11.6 Å². The standard InChI is InChI=1S/C22H29N3O4/c1-27-19-5-3-18(4-6-19)25-15-13-24(14-16-25)12-11-23-22(26)17-29-21-9-7-20(28-2)8-10-21/h3-10H,11-17H2,1-2H3,(H,23,26). The van der Waals surface area contributed by atoms with Crippen LogP contribution in [0.15, 0.2) is 48.5 Å². The zero-order valence-corrected chi connectivity index (χ0v) is 17.1. The molecule has 0 unspecified atom stereocenters. The highest BCUT2D eigenvalue weighted by Gasteiger charge is 2.17. The first-order chi connectivity index (χ1) is 14.2. The van der Waals surface area contributed by atoms with Crippen LogP contribution in [0.25, 0.3) is 0 Å². The monoisotopic (exact) mass is 399 g/mol. The fourth-order valence-corrected chi connectivity index (χ4v) is 3.25. The number of ether oxygens (including phenoxy) is 3. The Bertz CT molecular complexity index is 757. The second-order valence-corrected chi connectivity index (χ2v) is 6.84. The molecule has 29 heavy (non-hydrogen) atoms. The number of anilines is 1. The van der Waals surface area contributed by atoms with Gasteiger partial charge in [0.2, 0.25) is 0 Å². The third kappa shape index (κ3) is 6.29. The predicted octanol–water partition coefficient (Wildman–Crippen LogP) is 2.02. The highest BCUT2D eigenvalue weighted by Crippen LogP contribution is 2.20. The molecule has 0 atom stereocenters. The number of carbonyl (C=O) groups is 1. The molecule has 0 saturated carbocycles. The van der Waals surface area contributed by atoms with E-state index >= 15 is 0 Å². The summed E-state index contributed by atoms with van der Waals surface area (Å²) in [6, 6.07) is 15.4. The zero-order chi connectivity index (χ0) is 20.5.